The number of benzene rings is 3. The molecule has 4 aromatic rings. The average Bonchev–Trinajstić information content (AvgIpc) is 3.41. The highest BCUT2D eigenvalue weighted by atomic mass is 35.5. The van der Waals surface area contributed by atoms with Gasteiger partial charge in [0.1, 0.15) is 12.6 Å². The van der Waals surface area contributed by atoms with E-state index in [1.165, 1.54) is 0 Å². The van der Waals surface area contributed by atoms with Crippen LogP contribution in [-0.2, 0) is 16.1 Å². The zero-order valence-corrected chi connectivity index (χ0v) is 19.4. The first kappa shape index (κ1) is 23.7. The van der Waals surface area contributed by atoms with Gasteiger partial charge in [-0.3, -0.25) is 10.1 Å². The van der Waals surface area contributed by atoms with Crippen molar-refractivity contribution in [3.63, 3.8) is 0 Å². The molecular formula is C24H22ClN7O3. The van der Waals surface area contributed by atoms with Crippen LogP contribution in [0.15, 0.2) is 72.8 Å². The zero-order chi connectivity index (χ0) is 24.6. The minimum Gasteiger partial charge on any atom is -0.444 e. The summed E-state index contributed by atoms with van der Waals surface area (Å²) in [5.74, 6) is 0.194. The lowest BCUT2D eigenvalue weighted by molar-refractivity contribution is -0.121. The predicted octanol–water partition coefficient (Wildman–Crippen LogP) is 4.17. The minimum atomic E-state index is -0.726. The highest BCUT2D eigenvalue weighted by Crippen LogP contribution is 2.27. The van der Waals surface area contributed by atoms with E-state index in [-0.39, 0.29) is 12.5 Å². The SMILES string of the molecule is CNC(=O)[C@H](Nc1cc(Cl)cc(NC(=O)OCc2ccccc2)c1)c1ccc(-c2nn[nH]n2)cc1. The van der Waals surface area contributed by atoms with Gasteiger partial charge in [-0.25, -0.2) is 4.79 Å². The van der Waals surface area contributed by atoms with E-state index >= 15 is 0 Å². The second-order valence-corrected chi connectivity index (χ2v) is 7.90. The zero-order valence-electron chi connectivity index (χ0n) is 18.7. The summed E-state index contributed by atoms with van der Waals surface area (Å²) in [7, 11) is 1.55. The summed E-state index contributed by atoms with van der Waals surface area (Å²) in [4.78, 5) is 24.9. The number of carbonyl (C=O) groups is 2. The summed E-state index contributed by atoms with van der Waals surface area (Å²) in [5.41, 5.74) is 3.28. The van der Waals surface area contributed by atoms with Gasteiger partial charge in [0.25, 0.3) is 0 Å². The van der Waals surface area contributed by atoms with E-state index in [0.717, 1.165) is 11.1 Å². The first-order valence-corrected chi connectivity index (χ1v) is 11.0. The lowest BCUT2D eigenvalue weighted by Gasteiger charge is -2.20. The van der Waals surface area contributed by atoms with Crippen LogP contribution in [0.2, 0.25) is 5.02 Å². The monoisotopic (exact) mass is 491 g/mol. The Labute approximate surface area is 206 Å². The van der Waals surface area contributed by atoms with Gasteiger partial charge in [0, 0.05) is 29.0 Å². The first-order chi connectivity index (χ1) is 17.0. The molecule has 0 bridgehead atoms. The number of H-pyrrole nitrogens is 1. The van der Waals surface area contributed by atoms with Crippen molar-refractivity contribution >= 4 is 35.0 Å². The third-order valence-electron chi connectivity index (χ3n) is 5.02. The van der Waals surface area contributed by atoms with E-state index < -0.39 is 12.1 Å². The van der Waals surface area contributed by atoms with Crippen LogP contribution in [0, 0.1) is 0 Å². The summed E-state index contributed by atoms with van der Waals surface area (Å²) < 4.78 is 5.27. The Bertz CT molecular complexity index is 1280. The molecule has 11 heteroatoms. The van der Waals surface area contributed by atoms with Crippen LogP contribution >= 0.6 is 11.6 Å². The van der Waals surface area contributed by atoms with Crippen LogP contribution in [0.3, 0.4) is 0 Å². The Hall–Kier alpha value is -4.44. The van der Waals surface area contributed by atoms with Gasteiger partial charge in [0.2, 0.25) is 11.7 Å². The number of anilines is 2. The Morgan fingerprint density at radius 2 is 1.77 bits per heavy atom. The smallest absolute Gasteiger partial charge is 0.411 e. The second kappa shape index (κ2) is 11.1. The number of aromatic amines is 1. The van der Waals surface area contributed by atoms with Crippen LogP contribution in [0.25, 0.3) is 11.4 Å². The highest BCUT2D eigenvalue weighted by Gasteiger charge is 2.20. The number of ether oxygens (including phenoxy) is 1. The third-order valence-corrected chi connectivity index (χ3v) is 5.24. The molecule has 35 heavy (non-hydrogen) atoms. The molecule has 178 valence electrons. The van der Waals surface area contributed by atoms with Crippen LogP contribution in [-0.4, -0.2) is 39.7 Å². The Morgan fingerprint density at radius 1 is 1.03 bits per heavy atom. The highest BCUT2D eigenvalue weighted by molar-refractivity contribution is 6.31. The summed E-state index contributed by atoms with van der Waals surface area (Å²) in [5, 5.41) is 22.7. The number of rotatable bonds is 8. The van der Waals surface area contributed by atoms with Crippen LogP contribution in [0.1, 0.15) is 17.2 Å². The van der Waals surface area contributed by atoms with Crippen molar-refractivity contribution in [2.45, 2.75) is 12.6 Å². The van der Waals surface area contributed by atoms with Gasteiger partial charge in [-0.1, -0.05) is 66.2 Å². The molecule has 1 aromatic heterocycles. The molecule has 1 heterocycles. The molecule has 10 nitrogen and oxygen atoms in total. The number of halogens is 1. The van der Waals surface area contributed by atoms with Crippen molar-refractivity contribution in [2.24, 2.45) is 0 Å². The van der Waals surface area contributed by atoms with E-state index in [1.807, 2.05) is 30.3 Å². The average molecular weight is 492 g/mol. The normalized spacial score (nSPS) is 11.4. The molecule has 0 aliphatic rings. The number of hydrogen-bond acceptors (Lipinski definition) is 7. The fraction of sp³-hybridized carbons (Fsp3) is 0.125. The van der Waals surface area contributed by atoms with Gasteiger partial charge in [-0.2, -0.15) is 5.21 Å². The number of nitrogens with zero attached hydrogens (tertiary/aromatic N) is 3. The molecule has 1 atom stereocenters. The van der Waals surface area contributed by atoms with Crippen molar-refractivity contribution < 1.29 is 14.3 Å². The number of carbonyl (C=O) groups excluding carboxylic acids is 2. The largest absolute Gasteiger partial charge is 0.444 e. The molecule has 3 aromatic carbocycles. The van der Waals surface area contributed by atoms with Gasteiger partial charge in [-0.05, 0) is 34.5 Å². The van der Waals surface area contributed by atoms with Gasteiger partial charge < -0.3 is 15.4 Å². The maximum Gasteiger partial charge on any atom is 0.411 e. The Morgan fingerprint density at radius 3 is 2.46 bits per heavy atom. The summed E-state index contributed by atoms with van der Waals surface area (Å²) >= 11 is 6.27. The summed E-state index contributed by atoms with van der Waals surface area (Å²) in [6.07, 6.45) is -0.623. The van der Waals surface area contributed by atoms with Crippen LogP contribution in [0.5, 0.6) is 0 Å². The number of aromatic nitrogens is 4. The van der Waals surface area contributed by atoms with E-state index in [1.54, 1.807) is 49.5 Å². The number of hydrogen-bond donors (Lipinski definition) is 4. The number of tetrazole rings is 1. The fourth-order valence-corrected chi connectivity index (χ4v) is 3.58. The summed E-state index contributed by atoms with van der Waals surface area (Å²) in [6, 6.07) is 20.7. The van der Waals surface area contributed by atoms with Gasteiger partial charge in [0.05, 0.1) is 0 Å². The van der Waals surface area contributed by atoms with Crippen molar-refractivity contribution in [1.82, 2.24) is 25.9 Å². The van der Waals surface area contributed by atoms with Gasteiger partial charge >= 0.3 is 6.09 Å². The standard InChI is InChI=1S/C24H22ClN7O3/c1-26-23(33)21(16-7-9-17(10-8-16)22-29-31-32-30-22)27-19-11-18(25)12-20(13-19)28-24(34)35-14-15-5-3-2-4-6-15/h2-13,21,27H,14H2,1H3,(H,26,33)(H,28,34)(H,29,30,31,32)/t21-/m1/s1. The lowest BCUT2D eigenvalue weighted by Crippen LogP contribution is -2.30. The number of nitrogens with one attached hydrogen (secondary N) is 4. The molecule has 0 aliphatic carbocycles. The Balaban J connectivity index is 1.47. The molecule has 0 saturated carbocycles. The number of amides is 2. The van der Waals surface area contributed by atoms with Crippen LogP contribution < -0.4 is 16.0 Å². The molecule has 0 spiro atoms. The fourth-order valence-electron chi connectivity index (χ4n) is 3.34. The molecule has 0 radical (unpaired) electrons. The first-order valence-electron chi connectivity index (χ1n) is 10.6. The van der Waals surface area contributed by atoms with Crippen LogP contribution in [0.4, 0.5) is 16.2 Å². The van der Waals surface area contributed by atoms with Crippen molar-refractivity contribution in [3.05, 3.63) is 88.9 Å². The Kier molecular flexibility index (Phi) is 7.53. The maximum absolute atomic E-state index is 12.7. The second-order valence-electron chi connectivity index (χ2n) is 7.46. The van der Waals surface area contributed by atoms with E-state index in [0.29, 0.717) is 27.8 Å². The molecule has 0 aliphatic heterocycles. The molecule has 4 rings (SSSR count). The van der Waals surface area contributed by atoms with E-state index in [4.69, 9.17) is 16.3 Å². The lowest BCUT2D eigenvalue weighted by atomic mass is 10.0. The van der Waals surface area contributed by atoms with Crippen molar-refractivity contribution in [2.75, 3.05) is 17.7 Å². The van der Waals surface area contributed by atoms with E-state index in [2.05, 4.69) is 36.6 Å². The number of likely N-dealkylation sites (N-methyl/N-ethyl adjacent to an activating group) is 1. The molecule has 0 saturated heterocycles. The topological polar surface area (TPSA) is 134 Å². The third kappa shape index (κ3) is 6.33. The molecular weight excluding hydrogens is 470 g/mol. The maximum atomic E-state index is 12.7. The molecule has 2 amide bonds. The molecule has 0 fully saturated rings. The quantitative estimate of drug-likeness (QED) is 0.290. The van der Waals surface area contributed by atoms with E-state index in [9.17, 15) is 9.59 Å². The van der Waals surface area contributed by atoms with Gasteiger partial charge in [0.15, 0.2) is 0 Å². The minimum absolute atomic E-state index is 0.136. The molecule has 4 N–H and O–H groups in total. The van der Waals surface area contributed by atoms with Crippen molar-refractivity contribution in [1.29, 1.82) is 0 Å². The molecule has 0 unspecified atom stereocenters. The summed E-state index contributed by atoms with van der Waals surface area (Å²) in [6.45, 7) is 0.136. The van der Waals surface area contributed by atoms with Gasteiger partial charge in [-0.15, -0.1) is 10.2 Å². The van der Waals surface area contributed by atoms with Crippen molar-refractivity contribution in [3.8, 4) is 11.4 Å². The predicted molar refractivity (Wildman–Crippen MR) is 132 cm³/mol.